The molecule has 5 nitrogen and oxygen atoms in total. The van der Waals surface area contributed by atoms with Gasteiger partial charge in [0.15, 0.2) is 5.71 Å². The molecule has 1 rings (SSSR count). The van der Waals surface area contributed by atoms with Gasteiger partial charge in [0.05, 0.1) is 12.5 Å². The van der Waals surface area contributed by atoms with E-state index in [1.165, 1.54) is 0 Å². The summed E-state index contributed by atoms with van der Waals surface area (Å²) in [5.74, 6) is -2.67. The monoisotopic (exact) mass is 206 g/mol. The van der Waals surface area contributed by atoms with Gasteiger partial charge < -0.3 is 15.0 Å². The second kappa shape index (κ2) is 4.90. The maximum absolute atomic E-state index is 10.8. The first-order chi connectivity index (χ1) is 7.11. The SMILES string of the molecule is O=C([O-])CN=C(C(=O)O)c1ccccc1. The number of benzene rings is 1. The molecule has 0 aliphatic carbocycles. The first kappa shape index (κ1) is 10.9. The Balaban J connectivity index is 2.99. The van der Waals surface area contributed by atoms with Crippen LogP contribution in [-0.2, 0) is 9.59 Å². The fourth-order valence-electron chi connectivity index (χ4n) is 1.02. The van der Waals surface area contributed by atoms with E-state index < -0.39 is 18.5 Å². The van der Waals surface area contributed by atoms with Gasteiger partial charge in [-0.25, -0.2) is 4.79 Å². The van der Waals surface area contributed by atoms with Gasteiger partial charge in [0.2, 0.25) is 0 Å². The van der Waals surface area contributed by atoms with Crippen LogP contribution in [0.25, 0.3) is 0 Å². The van der Waals surface area contributed by atoms with Gasteiger partial charge in [-0.1, -0.05) is 30.3 Å². The Morgan fingerprint density at radius 2 is 1.87 bits per heavy atom. The minimum absolute atomic E-state index is 0.278. The van der Waals surface area contributed by atoms with E-state index in [-0.39, 0.29) is 5.71 Å². The Hall–Kier alpha value is -2.17. The zero-order valence-electron chi connectivity index (χ0n) is 7.71. The number of nitrogens with zero attached hydrogens (tertiary/aromatic N) is 1. The van der Waals surface area contributed by atoms with Crippen molar-refractivity contribution in [2.45, 2.75) is 0 Å². The highest BCUT2D eigenvalue weighted by Crippen LogP contribution is 2.01. The first-order valence-corrected chi connectivity index (χ1v) is 4.14. The second-order valence-electron chi connectivity index (χ2n) is 2.71. The van der Waals surface area contributed by atoms with E-state index in [1.807, 2.05) is 0 Å². The van der Waals surface area contributed by atoms with Crippen molar-refractivity contribution in [2.24, 2.45) is 4.99 Å². The molecule has 0 spiro atoms. The Morgan fingerprint density at radius 3 is 2.33 bits per heavy atom. The van der Waals surface area contributed by atoms with Crippen LogP contribution in [0, 0.1) is 0 Å². The number of carbonyl (C=O) groups is 2. The standard InChI is InChI=1S/C10H9NO4/c12-8(13)6-11-9(10(14)15)7-4-2-1-3-5-7/h1-5H,6H2,(H,12,13)(H,14,15)/p-1. The van der Waals surface area contributed by atoms with Gasteiger partial charge in [0.25, 0.3) is 0 Å². The lowest BCUT2D eigenvalue weighted by Crippen LogP contribution is -2.27. The van der Waals surface area contributed by atoms with Gasteiger partial charge >= 0.3 is 5.97 Å². The van der Waals surface area contributed by atoms with Crippen molar-refractivity contribution < 1.29 is 19.8 Å². The third-order valence-corrected chi connectivity index (χ3v) is 1.62. The average molecular weight is 206 g/mol. The Labute approximate surface area is 85.7 Å². The highest BCUT2D eigenvalue weighted by molar-refractivity contribution is 6.42. The van der Waals surface area contributed by atoms with E-state index in [9.17, 15) is 14.7 Å². The average Bonchev–Trinajstić information content (AvgIpc) is 2.18. The zero-order valence-corrected chi connectivity index (χ0v) is 7.71. The largest absolute Gasteiger partial charge is 0.548 e. The number of hydrogen-bond acceptors (Lipinski definition) is 4. The van der Waals surface area contributed by atoms with E-state index in [1.54, 1.807) is 30.3 Å². The molecular weight excluding hydrogens is 198 g/mol. The molecule has 1 aromatic carbocycles. The van der Waals surface area contributed by atoms with Crippen LogP contribution in [0.2, 0.25) is 0 Å². The summed E-state index contributed by atoms with van der Waals surface area (Å²) in [5.41, 5.74) is 0.0889. The number of aliphatic imine (C=N–C) groups is 1. The molecule has 5 heteroatoms. The maximum Gasteiger partial charge on any atom is 0.354 e. The predicted octanol–water partition coefficient (Wildman–Crippen LogP) is -0.690. The van der Waals surface area contributed by atoms with Gasteiger partial charge in [-0.15, -0.1) is 0 Å². The predicted molar refractivity (Wildman–Crippen MR) is 50.5 cm³/mol. The molecule has 15 heavy (non-hydrogen) atoms. The molecule has 0 bridgehead atoms. The highest BCUT2D eigenvalue weighted by Gasteiger charge is 2.10. The number of carboxylic acid groups (broad SMARTS) is 2. The van der Waals surface area contributed by atoms with Gasteiger partial charge in [0.1, 0.15) is 0 Å². The fraction of sp³-hybridized carbons (Fsp3) is 0.100. The molecule has 0 amide bonds. The number of hydrogen-bond donors (Lipinski definition) is 1. The Bertz CT molecular complexity index is 397. The molecule has 0 fully saturated rings. The van der Waals surface area contributed by atoms with Crippen LogP contribution in [0.5, 0.6) is 0 Å². The fourth-order valence-corrected chi connectivity index (χ4v) is 1.02. The first-order valence-electron chi connectivity index (χ1n) is 4.14. The van der Waals surface area contributed by atoms with Crippen LogP contribution in [0.3, 0.4) is 0 Å². The third-order valence-electron chi connectivity index (χ3n) is 1.62. The lowest BCUT2D eigenvalue weighted by molar-refractivity contribution is -0.303. The minimum Gasteiger partial charge on any atom is -0.548 e. The lowest BCUT2D eigenvalue weighted by atomic mass is 10.1. The van der Waals surface area contributed by atoms with Crippen LogP contribution < -0.4 is 5.11 Å². The Kier molecular flexibility index (Phi) is 3.56. The van der Waals surface area contributed by atoms with E-state index >= 15 is 0 Å². The Morgan fingerprint density at radius 1 is 1.27 bits per heavy atom. The van der Waals surface area contributed by atoms with E-state index in [2.05, 4.69) is 4.99 Å². The van der Waals surface area contributed by atoms with Crippen LogP contribution in [0.1, 0.15) is 5.56 Å². The van der Waals surface area contributed by atoms with Gasteiger partial charge in [-0.05, 0) is 0 Å². The number of rotatable bonds is 4. The molecule has 0 saturated carbocycles. The van der Waals surface area contributed by atoms with Crippen molar-refractivity contribution in [3.63, 3.8) is 0 Å². The molecule has 0 radical (unpaired) electrons. The van der Waals surface area contributed by atoms with Crippen LogP contribution in [-0.4, -0.2) is 29.3 Å². The minimum atomic E-state index is -1.41. The topological polar surface area (TPSA) is 89.8 Å². The normalized spacial score (nSPS) is 11.1. The molecule has 0 aliphatic rings. The van der Waals surface area contributed by atoms with Crippen LogP contribution in [0.4, 0.5) is 0 Å². The summed E-state index contributed by atoms with van der Waals surface area (Å²) < 4.78 is 0. The summed E-state index contributed by atoms with van der Waals surface area (Å²) >= 11 is 0. The van der Waals surface area contributed by atoms with Crippen molar-refractivity contribution in [1.29, 1.82) is 0 Å². The van der Waals surface area contributed by atoms with Gasteiger partial charge in [-0.3, -0.25) is 4.99 Å². The highest BCUT2D eigenvalue weighted by atomic mass is 16.4. The van der Waals surface area contributed by atoms with Crippen molar-refractivity contribution in [3.05, 3.63) is 35.9 Å². The molecule has 1 aromatic rings. The smallest absolute Gasteiger partial charge is 0.354 e. The van der Waals surface area contributed by atoms with Crippen molar-refractivity contribution >= 4 is 17.7 Å². The molecule has 78 valence electrons. The van der Waals surface area contributed by atoms with Crippen molar-refractivity contribution in [1.82, 2.24) is 0 Å². The van der Waals surface area contributed by atoms with E-state index in [0.29, 0.717) is 5.56 Å². The van der Waals surface area contributed by atoms with E-state index in [0.717, 1.165) is 0 Å². The summed E-state index contributed by atoms with van der Waals surface area (Å²) in [6.07, 6.45) is 0. The molecule has 0 saturated heterocycles. The lowest BCUT2D eigenvalue weighted by Gasteiger charge is -2.02. The van der Waals surface area contributed by atoms with Gasteiger partial charge in [-0.2, -0.15) is 0 Å². The molecule has 0 heterocycles. The summed E-state index contributed by atoms with van der Waals surface area (Å²) in [4.78, 5) is 24.4. The molecule has 1 N–H and O–H groups in total. The summed E-state index contributed by atoms with van der Waals surface area (Å²) in [6.45, 7) is -0.656. The summed E-state index contributed by atoms with van der Waals surface area (Å²) in [7, 11) is 0. The molecule has 0 aliphatic heterocycles. The molecular formula is C10H8NO4-. The van der Waals surface area contributed by atoms with Crippen LogP contribution in [0.15, 0.2) is 35.3 Å². The molecule has 0 unspecified atom stereocenters. The second-order valence-corrected chi connectivity index (χ2v) is 2.71. The summed E-state index contributed by atoms with van der Waals surface area (Å²) in [5, 5.41) is 18.9. The summed E-state index contributed by atoms with van der Waals surface area (Å²) in [6, 6.07) is 8.10. The molecule has 0 atom stereocenters. The van der Waals surface area contributed by atoms with E-state index in [4.69, 9.17) is 5.11 Å². The number of carbonyl (C=O) groups excluding carboxylic acids is 1. The van der Waals surface area contributed by atoms with Crippen molar-refractivity contribution in [3.8, 4) is 0 Å². The number of aliphatic carboxylic acids is 2. The maximum atomic E-state index is 10.8. The van der Waals surface area contributed by atoms with Crippen LogP contribution >= 0.6 is 0 Å². The van der Waals surface area contributed by atoms with Gasteiger partial charge in [0, 0.05) is 5.56 Å². The third kappa shape index (κ3) is 3.22. The quantitative estimate of drug-likeness (QED) is 0.660. The van der Waals surface area contributed by atoms with Crippen molar-refractivity contribution in [2.75, 3.05) is 6.54 Å². The zero-order chi connectivity index (χ0) is 11.3. The molecule has 0 aromatic heterocycles. The number of carboxylic acids is 2.